The highest BCUT2D eigenvalue weighted by molar-refractivity contribution is 5.89. The van der Waals surface area contributed by atoms with Gasteiger partial charge in [0.1, 0.15) is 0 Å². The Labute approximate surface area is 144 Å². The van der Waals surface area contributed by atoms with E-state index in [2.05, 4.69) is 6.92 Å². The molecule has 1 N–H and O–H groups in total. The third kappa shape index (κ3) is 2.53. The van der Waals surface area contributed by atoms with Crippen molar-refractivity contribution < 1.29 is 19.4 Å². The van der Waals surface area contributed by atoms with E-state index >= 15 is 0 Å². The molecule has 0 aromatic heterocycles. The summed E-state index contributed by atoms with van der Waals surface area (Å²) >= 11 is 0. The topological polar surface area (TPSA) is 63.6 Å². The highest BCUT2D eigenvalue weighted by atomic mass is 16.5. The molecule has 4 nitrogen and oxygen atoms in total. The minimum Gasteiger partial charge on any atom is -0.454 e. The molecular weight excluding hydrogens is 304 g/mol. The largest absolute Gasteiger partial charge is 0.454 e. The van der Waals surface area contributed by atoms with Gasteiger partial charge >= 0.3 is 5.97 Å². The molecule has 4 fully saturated rings. The van der Waals surface area contributed by atoms with Crippen LogP contribution >= 0.6 is 0 Å². The number of fused-ring (bicyclic) bond motifs is 4. The third-order valence-electron chi connectivity index (χ3n) is 7.91. The number of aliphatic hydroxyl groups excluding tert-OH is 1. The zero-order valence-electron chi connectivity index (χ0n) is 14.9. The lowest BCUT2D eigenvalue weighted by atomic mass is 9.52. The lowest BCUT2D eigenvalue weighted by Crippen LogP contribution is -2.49. The highest BCUT2D eigenvalue weighted by Gasteiger charge is 2.60. The van der Waals surface area contributed by atoms with Crippen molar-refractivity contribution in [3.63, 3.8) is 0 Å². The molecule has 4 aliphatic carbocycles. The van der Waals surface area contributed by atoms with Crippen LogP contribution in [0.25, 0.3) is 0 Å². The van der Waals surface area contributed by atoms with E-state index < -0.39 is 6.10 Å². The van der Waals surface area contributed by atoms with Crippen LogP contribution in [0.5, 0.6) is 0 Å². The number of carbonyl (C=O) groups excluding carboxylic acids is 2. The molecule has 0 aromatic carbocycles. The summed E-state index contributed by atoms with van der Waals surface area (Å²) in [6.07, 6.45) is 7.60. The summed E-state index contributed by atoms with van der Waals surface area (Å²) < 4.78 is 5.47. The van der Waals surface area contributed by atoms with E-state index in [-0.39, 0.29) is 23.3 Å². The molecule has 24 heavy (non-hydrogen) atoms. The average molecular weight is 334 g/mol. The normalized spacial score (nSPS) is 50.6. The maximum atomic E-state index is 12.6. The predicted octanol–water partition coefficient (Wildman–Crippen LogP) is 3.11. The van der Waals surface area contributed by atoms with Crippen LogP contribution in [0.3, 0.4) is 0 Å². The zero-order chi connectivity index (χ0) is 17.1. The Kier molecular flexibility index (Phi) is 4.02. The molecule has 0 amide bonds. The first-order valence-corrected chi connectivity index (χ1v) is 9.76. The summed E-state index contributed by atoms with van der Waals surface area (Å²) in [4.78, 5) is 24.0. The smallest absolute Gasteiger partial charge is 0.303 e. The summed E-state index contributed by atoms with van der Waals surface area (Å²) in [6, 6.07) is 0. The van der Waals surface area contributed by atoms with Crippen LogP contribution in [-0.4, -0.2) is 29.1 Å². The number of ether oxygens (including phenoxy) is 1. The predicted molar refractivity (Wildman–Crippen MR) is 89.1 cm³/mol. The van der Waals surface area contributed by atoms with Crippen LogP contribution in [0.4, 0.5) is 0 Å². The van der Waals surface area contributed by atoms with E-state index in [4.69, 9.17) is 4.74 Å². The van der Waals surface area contributed by atoms with Crippen LogP contribution in [0.15, 0.2) is 0 Å². The zero-order valence-corrected chi connectivity index (χ0v) is 14.9. The summed E-state index contributed by atoms with van der Waals surface area (Å²) in [5.74, 6) is 2.88. The van der Waals surface area contributed by atoms with E-state index in [1.54, 1.807) is 0 Å². The lowest BCUT2D eigenvalue weighted by molar-refractivity contribution is -0.161. The minimum atomic E-state index is -0.521. The molecule has 8 atom stereocenters. The van der Waals surface area contributed by atoms with Crippen molar-refractivity contribution in [1.29, 1.82) is 0 Å². The Balaban J connectivity index is 1.55. The number of hydrogen-bond donors (Lipinski definition) is 1. The Hall–Kier alpha value is -0.900. The van der Waals surface area contributed by atoms with E-state index in [1.165, 1.54) is 19.8 Å². The van der Waals surface area contributed by atoms with Crippen LogP contribution in [0.1, 0.15) is 65.2 Å². The number of Topliss-reactive ketones (excluding diaryl/α,β-unsaturated/α-hetero) is 1. The van der Waals surface area contributed by atoms with Crippen molar-refractivity contribution in [3.8, 4) is 0 Å². The van der Waals surface area contributed by atoms with Crippen LogP contribution in [0.2, 0.25) is 0 Å². The van der Waals surface area contributed by atoms with E-state index in [1.807, 2.05) is 0 Å². The van der Waals surface area contributed by atoms with Gasteiger partial charge in [0.15, 0.2) is 11.9 Å². The Morgan fingerprint density at radius 2 is 1.92 bits per heavy atom. The van der Waals surface area contributed by atoms with Crippen LogP contribution in [0, 0.1) is 35.0 Å². The maximum Gasteiger partial charge on any atom is 0.303 e. The number of hydrogen-bond acceptors (Lipinski definition) is 4. The summed E-state index contributed by atoms with van der Waals surface area (Å²) in [5.41, 5.74) is -0.162. The molecular formula is C20H30O4. The summed E-state index contributed by atoms with van der Waals surface area (Å²) in [6.45, 7) is 3.59. The Morgan fingerprint density at radius 1 is 1.12 bits per heavy atom. The van der Waals surface area contributed by atoms with Crippen molar-refractivity contribution in [2.24, 2.45) is 35.0 Å². The second-order valence-electron chi connectivity index (χ2n) is 9.19. The lowest BCUT2D eigenvalue weighted by Gasteiger charge is -2.53. The first-order valence-electron chi connectivity index (χ1n) is 9.76. The molecule has 0 radical (unpaired) electrons. The SMILES string of the molecule is CC(=O)O[C@@H]1C(=O)C[C@@H]2[C@H]3CC4CC[C@@H](O)C[C@@H]4C[C@@H]3CC[C@@]12C. The fraction of sp³-hybridized carbons (Fsp3) is 0.900. The molecule has 134 valence electrons. The molecule has 4 rings (SSSR count). The van der Waals surface area contributed by atoms with Crippen molar-refractivity contribution in [2.75, 3.05) is 0 Å². The van der Waals surface area contributed by atoms with Gasteiger partial charge in [-0.1, -0.05) is 6.92 Å². The fourth-order valence-corrected chi connectivity index (χ4v) is 6.77. The van der Waals surface area contributed by atoms with Gasteiger partial charge in [-0.25, -0.2) is 0 Å². The maximum absolute atomic E-state index is 12.6. The molecule has 4 aliphatic rings. The minimum absolute atomic E-state index is 0.0990. The van der Waals surface area contributed by atoms with Gasteiger partial charge in [-0.05, 0) is 74.5 Å². The van der Waals surface area contributed by atoms with Gasteiger partial charge in [0.05, 0.1) is 6.10 Å². The quantitative estimate of drug-likeness (QED) is 0.748. The van der Waals surface area contributed by atoms with Gasteiger partial charge in [0.25, 0.3) is 0 Å². The van der Waals surface area contributed by atoms with Crippen LogP contribution < -0.4 is 0 Å². The number of aliphatic hydroxyl groups is 1. The number of rotatable bonds is 1. The van der Waals surface area contributed by atoms with Gasteiger partial charge in [-0.15, -0.1) is 0 Å². The first kappa shape index (κ1) is 16.6. The standard InChI is InChI=1S/C20H30O4/c1-11(21)24-19-18(23)10-17-16-9-12-3-4-15(22)8-14(12)7-13(16)5-6-20(17,19)2/h12-17,19,22H,3-10H2,1-2H3/t12?,13-,14-,15+,16-,17+,19+,20+/m0/s1. The molecule has 0 aromatic rings. The monoisotopic (exact) mass is 334 g/mol. The molecule has 0 bridgehead atoms. The van der Waals surface area contributed by atoms with Crippen molar-refractivity contribution in [3.05, 3.63) is 0 Å². The van der Waals surface area contributed by atoms with Gasteiger partial charge < -0.3 is 9.84 Å². The number of ketones is 1. The van der Waals surface area contributed by atoms with Crippen molar-refractivity contribution >= 4 is 11.8 Å². The molecule has 0 saturated heterocycles. The van der Waals surface area contributed by atoms with E-state index in [0.29, 0.717) is 30.1 Å². The van der Waals surface area contributed by atoms with Crippen molar-refractivity contribution in [2.45, 2.75) is 77.4 Å². The van der Waals surface area contributed by atoms with Gasteiger partial charge in [0.2, 0.25) is 0 Å². The molecule has 1 unspecified atom stereocenters. The average Bonchev–Trinajstić information content (AvgIpc) is 2.77. The van der Waals surface area contributed by atoms with Gasteiger partial charge in [-0.3, -0.25) is 9.59 Å². The first-order chi connectivity index (χ1) is 11.4. The molecule has 4 saturated carbocycles. The summed E-state index contributed by atoms with van der Waals surface area (Å²) in [5, 5.41) is 10.00. The second kappa shape index (κ2) is 5.82. The highest BCUT2D eigenvalue weighted by Crippen LogP contribution is 2.61. The van der Waals surface area contributed by atoms with Crippen molar-refractivity contribution in [1.82, 2.24) is 0 Å². The number of carbonyl (C=O) groups is 2. The van der Waals surface area contributed by atoms with E-state index in [0.717, 1.165) is 38.0 Å². The van der Waals surface area contributed by atoms with Gasteiger partial charge in [0, 0.05) is 18.8 Å². The van der Waals surface area contributed by atoms with Gasteiger partial charge in [-0.2, -0.15) is 0 Å². The molecule has 0 aliphatic heterocycles. The number of esters is 1. The van der Waals surface area contributed by atoms with Crippen LogP contribution in [-0.2, 0) is 14.3 Å². The summed E-state index contributed by atoms with van der Waals surface area (Å²) in [7, 11) is 0. The Morgan fingerprint density at radius 3 is 2.67 bits per heavy atom. The van der Waals surface area contributed by atoms with E-state index in [9.17, 15) is 14.7 Å². The molecule has 0 heterocycles. The fourth-order valence-electron chi connectivity index (χ4n) is 6.77. The molecule has 0 spiro atoms. The second-order valence-corrected chi connectivity index (χ2v) is 9.19. The molecule has 4 heteroatoms. The third-order valence-corrected chi connectivity index (χ3v) is 7.91. The Bertz CT molecular complexity index is 544.